The molecule has 0 fully saturated rings. The lowest BCUT2D eigenvalue weighted by Crippen LogP contribution is -2.30. The van der Waals surface area contributed by atoms with Gasteiger partial charge < -0.3 is 20.2 Å². The van der Waals surface area contributed by atoms with Gasteiger partial charge in [-0.25, -0.2) is 4.79 Å². The fourth-order valence-corrected chi connectivity index (χ4v) is 4.36. The second-order valence-corrected chi connectivity index (χ2v) is 9.14. The molecule has 204 valence electrons. The lowest BCUT2D eigenvalue weighted by molar-refractivity contribution is -0.387. The number of nitrogens with zero attached hydrogens (tertiary/aromatic N) is 5. The number of hydrogen-bond acceptors (Lipinski definition) is 12. The zero-order chi connectivity index (χ0) is 28.4. The van der Waals surface area contributed by atoms with E-state index in [0.717, 1.165) is 23.0 Å². The number of ether oxygens (including phenoxy) is 1. The van der Waals surface area contributed by atoms with Gasteiger partial charge in [0.15, 0.2) is 5.03 Å². The van der Waals surface area contributed by atoms with Crippen LogP contribution in [0, 0.1) is 10.1 Å². The summed E-state index contributed by atoms with van der Waals surface area (Å²) in [6, 6.07) is 16.0. The van der Waals surface area contributed by atoms with Crippen molar-refractivity contribution in [2.24, 2.45) is 5.16 Å². The standard InChI is InChI=1S/C25H27N7O6S/c1-16(33)27-25-28-22(21(32(36)37)23(29-25)39-15-17-7-5-4-6-8-17)26-13-19(30-35)14-31(2)20-11-9-18(10-12-20)24(34)38-3/h4-12,35H,13-15H2,1-3H3,(H2,26,27,28,29,33). The van der Waals surface area contributed by atoms with Crippen LogP contribution < -0.4 is 15.5 Å². The molecular weight excluding hydrogens is 526 g/mol. The first-order valence-corrected chi connectivity index (χ1v) is 12.5. The van der Waals surface area contributed by atoms with Gasteiger partial charge in [0.1, 0.15) is 0 Å². The van der Waals surface area contributed by atoms with Crippen LogP contribution in [-0.2, 0) is 15.3 Å². The molecule has 0 saturated carbocycles. The number of thioether (sulfide) groups is 1. The Morgan fingerprint density at radius 3 is 2.44 bits per heavy atom. The van der Waals surface area contributed by atoms with Gasteiger partial charge in [0.2, 0.25) is 17.7 Å². The van der Waals surface area contributed by atoms with Gasteiger partial charge in [0, 0.05) is 25.4 Å². The monoisotopic (exact) mass is 553 g/mol. The van der Waals surface area contributed by atoms with Crippen LogP contribution in [0.5, 0.6) is 0 Å². The Morgan fingerprint density at radius 2 is 1.85 bits per heavy atom. The molecule has 39 heavy (non-hydrogen) atoms. The molecule has 0 radical (unpaired) electrons. The number of oxime groups is 1. The first kappa shape index (κ1) is 28.8. The fraction of sp³-hybridized carbons (Fsp3) is 0.240. The maximum atomic E-state index is 12.0. The normalized spacial score (nSPS) is 11.0. The van der Waals surface area contributed by atoms with Crippen LogP contribution >= 0.6 is 11.8 Å². The number of carbonyl (C=O) groups is 2. The molecule has 0 spiro atoms. The Balaban J connectivity index is 1.80. The minimum atomic E-state index is -0.599. The lowest BCUT2D eigenvalue weighted by atomic mass is 10.2. The number of benzene rings is 2. The molecule has 0 bridgehead atoms. The van der Waals surface area contributed by atoms with E-state index in [1.165, 1.54) is 14.0 Å². The fourth-order valence-electron chi connectivity index (χ4n) is 3.41. The third-order valence-electron chi connectivity index (χ3n) is 5.29. The highest BCUT2D eigenvalue weighted by Crippen LogP contribution is 2.35. The van der Waals surface area contributed by atoms with Gasteiger partial charge in [0.25, 0.3) is 0 Å². The Bertz CT molecular complexity index is 1350. The van der Waals surface area contributed by atoms with Crippen molar-refractivity contribution in [1.29, 1.82) is 0 Å². The van der Waals surface area contributed by atoms with E-state index in [1.807, 2.05) is 30.3 Å². The number of methoxy groups -OCH3 is 1. The minimum absolute atomic E-state index is 0.0652. The van der Waals surface area contributed by atoms with E-state index < -0.39 is 16.8 Å². The largest absolute Gasteiger partial charge is 0.465 e. The highest BCUT2D eigenvalue weighted by molar-refractivity contribution is 7.98. The predicted octanol–water partition coefficient (Wildman–Crippen LogP) is 3.80. The summed E-state index contributed by atoms with van der Waals surface area (Å²) >= 11 is 1.13. The summed E-state index contributed by atoms with van der Waals surface area (Å²) < 4.78 is 4.70. The van der Waals surface area contributed by atoms with Crippen molar-refractivity contribution in [2.75, 3.05) is 42.8 Å². The van der Waals surface area contributed by atoms with E-state index in [2.05, 4.69) is 25.8 Å². The summed E-state index contributed by atoms with van der Waals surface area (Å²) in [7, 11) is 3.05. The maximum Gasteiger partial charge on any atom is 0.343 e. The molecule has 0 aliphatic rings. The molecular formula is C25H27N7O6S. The topological polar surface area (TPSA) is 172 Å². The molecule has 14 heteroatoms. The number of rotatable bonds is 12. The molecule has 0 aliphatic heterocycles. The number of nitrogens with one attached hydrogen (secondary N) is 2. The number of nitro groups is 1. The number of carbonyl (C=O) groups excluding carboxylic acids is 2. The molecule has 13 nitrogen and oxygen atoms in total. The van der Waals surface area contributed by atoms with Crippen molar-refractivity contribution in [1.82, 2.24) is 9.97 Å². The van der Waals surface area contributed by atoms with Crippen LogP contribution in [0.25, 0.3) is 0 Å². The summed E-state index contributed by atoms with van der Waals surface area (Å²) in [4.78, 5) is 44.8. The Hall–Kier alpha value is -4.72. The maximum absolute atomic E-state index is 12.0. The average molecular weight is 554 g/mol. The van der Waals surface area contributed by atoms with Crippen LogP contribution in [0.4, 0.5) is 23.1 Å². The van der Waals surface area contributed by atoms with Gasteiger partial charge in [-0.3, -0.25) is 20.2 Å². The van der Waals surface area contributed by atoms with E-state index in [9.17, 15) is 24.9 Å². The van der Waals surface area contributed by atoms with E-state index in [4.69, 9.17) is 4.74 Å². The van der Waals surface area contributed by atoms with Crippen LogP contribution in [0.2, 0.25) is 0 Å². The summed E-state index contributed by atoms with van der Waals surface area (Å²) in [6.07, 6.45) is 0. The third kappa shape index (κ3) is 8.13. The second kappa shape index (κ2) is 13.7. The Labute approximate surface area is 228 Å². The first-order valence-electron chi connectivity index (χ1n) is 11.6. The third-order valence-corrected chi connectivity index (χ3v) is 6.33. The summed E-state index contributed by atoms with van der Waals surface area (Å²) in [5.41, 5.74) is 1.92. The average Bonchev–Trinajstić information content (AvgIpc) is 2.93. The molecule has 0 unspecified atom stereocenters. The van der Waals surface area contributed by atoms with Gasteiger partial charge >= 0.3 is 11.7 Å². The number of anilines is 3. The number of amides is 1. The second-order valence-electron chi connectivity index (χ2n) is 8.18. The van der Waals surface area contributed by atoms with Crippen LogP contribution in [0.15, 0.2) is 64.8 Å². The summed E-state index contributed by atoms with van der Waals surface area (Å²) in [5.74, 6) is -0.735. The molecule has 0 saturated heterocycles. The van der Waals surface area contributed by atoms with Crippen molar-refractivity contribution in [3.05, 3.63) is 75.8 Å². The van der Waals surface area contributed by atoms with E-state index in [0.29, 0.717) is 11.3 Å². The summed E-state index contributed by atoms with van der Waals surface area (Å²) in [5, 5.41) is 30.3. The van der Waals surface area contributed by atoms with E-state index in [-0.39, 0.29) is 41.3 Å². The number of aromatic nitrogens is 2. The number of hydrogen-bond donors (Lipinski definition) is 3. The highest BCUT2D eigenvalue weighted by atomic mass is 32.2. The van der Waals surface area contributed by atoms with Gasteiger partial charge in [-0.15, -0.1) is 0 Å². The quantitative estimate of drug-likeness (QED) is 0.0566. The van der Waals surface area contributed by atoms with Crippen molar-refractivity contribution < 1.29 is 24.5 Å². The van der Waals surface area contributed by atoms with Crippen molar-refractivity contribution >= 4 is 52.5 Å². The Kier molecular flexibility index (Phi) is 10.1. The van der Waals surface area contributed by atoms with E-state index in [1.54, 1.807) is 36.2 Å². The summed E-state index contributed by atoms with van der Waals surface area (Å²) in [6.45, 7) is 1.33. The highest BCUT2D eigenvalue weighted by Gasteiger charge is 2.26. The molecule has 1 aromatic heterocycles. The van der Waals surface area contributed by atoms with Crippen molar-refractivity contribution in [2.45, 2.75) is 17.7 Å². The van der Waals surface area contributed by atoms with Gasteiger partial charge in [-0.1, -0.05) is 47.2 Å². The number of esters is 1. The van der Waals surface area contributed by atoms with Crippen LogP contribution in [0.3, 0.4) is 0 Å². The zero-order valence-electron chi connectivity index (χ0n) is 21.5. The lowest BCUT2D eigenvalue weighted by Gasteiger charge is -2.20. The predicted molar refractivity (Wildman–Crippen MR) is 148 cm³/mol. The van der Waals surface area contributed by atoms with Crippen molar-refractivity contribution in [3.63, 3.8) is 0 Å². The molecule has 3 N–H and O–H groups in total. The molecule has 3 aromatic rings. The molecule has 0 atom stereocenters. The van der Waals surface area contributed by atoms with E-state index >= 15 is 0 Å². The van der Waals surface area contributed by atoms with Gasteiger partial charge in [0.05, 0.1) is 36.4 Å². The van der Waals surface area contributed by atoms with Gasteiger partial charge in [-0.2, -0.15) is 9.97 Å². The Morgan fingerprint density at radius 1 is 1.15 bits per heavy atom. The molecule has 1 heterocycles. The SMILES string of the molecule is COC(=O)c1ccc(N(C)CC(CNc2nc(NC(C)=O)nc(SCc3ccccc3)c2[N+](=O)[O-])=NO)cc1. The minimum Gasteiger partial charge on any atom is -0.465 e. The molecule has 2 aromatic carbocycles. The molecule has 1 amide bonds. The zero-order valence-corrected chi connectivity index (χ0v) is 22.3. The molecule has 3 rings (SSSR count). The van der Waals surface area contributed by atoms with Crippen LogP contribution in [0.1, 0.15) is 22.8 Å². The molecule has 0 aliphatic carbocycles. The van der Waals surface area contributed by atoms with Crippen LogP contribution in [-0.4, -0.2) is 64.9 Å². The smallest absolute Gasteiger partial charge is 0.343 e. The van der Waals surface area contributed by atoms with Crippen molar-refractivity contribution in [3.8, 4) is 0 Å². The van der Waals surface area contributed by atoms with Gasteiger partial charge in [-0.05, 0) is 29.8 Å². The first-order chi connectivity index (χ1) is 18.7.